The van der Waals surface area contributed by atoms with Crippen LogP contribution in [0.15, 0.2) is 27.1 Å². The van der Waals surface area contributed by atoms with Gasteiger partial charge in [-0.25, -0.2) is 0 Å². The normalized spacial score (nSPS) is 10.9. The van der Waals surface area contributed by atoms with E-state index in [1.807, 2.05) is 24.6 Å². The van der Waals surface area contributed by atoms with Crippen molar-refractivity contribution in [1.82, 2.24) is 9.78 Å². The fraction of sp³-hybridized carbons (Fsp3) is 0.333. The van der Waals surface area contributed by atoms with Crippen LogP contribution in [0.25, 0.3) is 0 Å². The molecule has 3 nitrogen and oxygen atoms in total. The number of aromatic nitrogens is 2. The zero-order valence-electron chi connectivity index (χ0n) is 11.8. The highest BCUT2D eigenvalue weighted by atomic mass is 79.9. The van der Waals surface area contributed by atoms with E-state index in [1.165, 1.54) is 0 Å². The van der Waals surface area contributed by atoms with Crippen molar-refractivity contribution in [3.8, 4) is 0 Å². The van der Waals surface area contributed by atoms with Crippen LogP contribution in [0.5, 0.6) is 0 Å². The standard InChI is InChI=1S/C15H15Br2ClN2O/c1-3-12-15(17)13(20(4-2)19-12)8-14(21)10-6-5-9(16)7-11(10)18/h5-7H,3-4,8H2,1-2H3. The number of rotatable bonds is 5. The summed E-state index contributed by atoms with van der Waals surface area (Å²) < 4.78 is 3.65. The molecule has 0 radical (unpaired) electrons. The summed E-state index contributed by atoms with van der Waals surface area (Å²) in [6.45, 7) is 4.79. The second kappa shape index (κ2) is 7.07. The lowest BCUT2D eigenvalue weighted by Crippen LogP contribution is -2.10. The molecule has 1 heterocycles. The molecule has 0 saturated carbocycles. The molecule has 2 rings (SSSR count). The van der Waals surface area contributed by atoms with Gasteiger partial charge in [0, 0.05) is 16.6 Å². The predicted molar refractivity (Wildman–Crippen MR) is 92.2 cm³/mol. The van der Waals surface area contributed by atoms with E-state index in [0.717, 1.165) is 33.3 Å². The zero-order chi connectivity index (χ0) is 15.6. The van der Waals surface area contributed by atoms with Gasteiger partial charge in [0.15, 0.2) is 5.78 Å². The summed E-state index contributed by atoms with van der Waals surface area (Å²) >= 11 is 13.1. The third kappa shape index (κ3) is 3.58. The molecule has 112 valence electrons. The Labute approximate surface area is 145 Å². The van der Waals surface area contributed by atoms with E-state index < -0.39 is 0 Å². The van der Waals surface area contributed by atoms with Gasteiger partial charge in [-0.3, -0.25) is 9.48 Å². The van der Waals surface area contributed by atoms with Crippen molar-refractivity contribution in [2.45, 2.75) is 33.2 Å². The average Bonchev–Trinajstić information content (AvgIpc) is 2.75. The smallest absolute Gasteiger partial charge is 0.170 e. The summed E-state index contributed by atoms with van der Waals surface area (Å²) in [5.41, 5.74) is 2.41. The van der Waals surface area contributed by atoms with Crippen LogP contribution in [0.2, 0.25) is 5.02 Å². The molecule has 0 spiro atoms. The number of carbonyl (C=O) groups excluding carboxylic acids is 1. The van der Waals surface area contributed by atoms with Crippen molar-refractivity contribution in [2.75, 3.05) is 0 Å². The number of carbonyl (C=O) groups is 1. The number of hydrogen-bond acceptors (Lipinski definition) is 2. The maximum atomic E-state index is 12.5. The minimum absolute atomic E-state index is 0.00884. The van der Waals surface area contributed by atoms with Gasteiger partial charge in [0.25, 0.3) is 0 Å². The Balaban J connectivity index is 2.33. The van der Waals surface area contributed by atoms with Crippen molar-refractivity contribution < 1.29 is 4.79 Å². The Morgan fingerprint density at radius 3 is 2.62 bits per heavy atom. The van der Waals surface area contributed by atoms with Gasteiger partial charge in [0.05, 0.1) is 27.3 Å². The van der Waals surface area contributed by atoms with Gasteiger partial charge in [0.1, 0.15) is 0 Å². The lowest BCUT2D eigenvalue weighted by Gasteiger charge is -2.07. The number of Topliss-reactive ketones (excluding diaryl/α,β-unsaturated/α-hetero) is 1. The van der Waals surface area contributed by atoms with E-state index in [2.05, 4.69) is 37.0 Å². The summed E-state index contributed by atoms with van der Waals surface area (Å²) in [6.07, 6.45) is 1.11. The molecular formula is C15H15Br2ClN2O. The van der Waals surface area contributed by atoms with Crippen LogP contribution in [-0.4, -0.2) is 15.6 Å². The van der Waals surface area contributed by atoms with Crippen molar-refractivity contribution in [3.05, 3.63) is 49.1 Å². The van der Waals surface area contributed by atoms with Crippen LogP contribution in [0.4, 0.5) is 0 Å². The van der Waals surface area contributed by atoms with Crippen molar-refractivity contribution in [3.63, 3.8) is 0 Å². The maximum Gasteiger partial charge on any atom is 0.170 e. The Morgan fingerprint density at radius 1 is 1.33 bits per heavy atom. The number of nitrogens with zero attached hydrogens (tertiary/aromatic N) is 2. The van der Waals surface area contributed by atoms with Crippen LogP contribution < -0.4 is 0 Å². The molecule has 0 bridgehead atoms. The molecular weight excluding hydrogens is 419 g/mol. The van der Waals surface area contributed by atoms with E-state index in [-0.39, 0.29) is 12.2 Å². The molecule has 0 aliphatic heterocycles. The van der Waals surface area contributed by atoms with E-state index in [0.29, 0.717) is 10.6 Å². The third-order valence-electron chi connectivity index (χ3n) is 3.25. The first-order valence-electron chi connectivity index (χ1n) is 6.70. The van der Waals surface area contributed by atoms with E-state index in [9.17, 15) is 4.79 Å². The van der Waals surface area contributed by atoms with E-state index in [4.69, 9.17) is 11.6 Å². The van der Waals surface area contributed by atoms with Gasteiger partial charge < -0.3 is 0 Å². The van der Waals surface area contributed by atoms with Crippen LogP contribution in [0.3, 0.4) is 0 Å². The molecule has 0 fully saturated rings. The second-order valence-electron chi connectivity index (χ2n) is 4.60. The minimum atomic E-state index is -0.00884. The molecule has 6 heteroatoms. The minimum Gasteiger partial charge on any atom is -0.294 e. The summed E-state index contributed by atoms with van der Waals surface area (Å²) in [6, 6.07) is 5.30. The largest absolute Gasteiger partial charge is 0.294 e. The number of hydrogen-bond donors (Lipinski definition) is 0. The van der Waals surface area contributed by atoms with Gasteiger partial charge in [-0.15, -0.1) is 0 Å². The highest BCUT2D eigenvalue weighted by molar-refractivity contribution is 9.10. The summed E-state index contributed by atoms with van der Waals surface area (Å²) in [7, 11) is 0. The lowest BCUT2D eigenvalue weighted by atomic mass is 10.1. The number of halogens is 3. The molecule has 0 aliphatic carbocycles. The molecule has 0 saturated heterocycles. The number of aryl methyl sites for hydroxylation is 2. The van der Waals surface area contributed by atoms with Gasteiger partial charge in [0.2, 0.25) is 0 Å². The van der Waals surface area contributed by atoms with Gasteiger partial charge >= 0.3 is 0 Å². The van der Waals surface area contributed by atoms with Gasteiger partial charge in [-0.1, -0.05) is 34.5 Å². The first-order valence-corrected chi connectivity index (χ1v) is 8.66. The molecule has 2 aromatic rings. The molecule has 0 amide bonds. The molecule has 0 N–H and O–H groups in total. The average molecular weight is 435 g/mol. The highest BCUT2D eigenvalue weighted by Crippen LogP contribution is 2.26. The van der Waals surface area contributed by atoms with Crippen LogP contribution in [0, 0.1) is 0 Å². The Morgan fingerprint density at radius 2 is 2.05 bits per heavy atom. The molecule has 1 aromatic carbocycles. The zero-order valence-corrected chi connectivity index (χ0v) is 15.7. The van der Waals surface area contributed by atoms with Gasteiger partial charge in [-0.05, 0) is 47.5 Å². The summed E-state index contributed by atoms with van der Waals surface area (Å²) in [4.78, 5) is 12.5. The predicted octanol–water partition coefficient (Wildman–Crippen LogP) is 5.07. The molecule has 0 atom stereocenters. The summed E-state index contributed by atoms with van der Waals surface area (Å²) in [5, 5.41) is 4.97. The first kappa shape index (κ1) is 16.7. The van der Waals surface area contributed by atoms with Crippen LogP contribution in [-0.2, 0) is 19.4 Å². The van der Waals surface area contributed by atoms with Crippen molar-refractivity contribution in [2.24, 2.45) is 0 Å². The summed E-state index contributed by atoms with van der Waals surface area (Å²) in [5.74, 6) is -0.00884. The van der Waals surface area contributed by atoms with E-state index >= 15 is 0 Å². The maximum absolute atomic E-state index is 12.5. The molecule has 0 aliphatic rings. The lowest BCUT2D eigenvalue weighted by molar-refractivity contribution is 0.0990. The quantitative estimate of drug-likeness (QED) is 0.616. The van der Waals surface area contributed by atoms with Crippen LogP contribution in [0.1, 0.15) is 35.6 Å². The number of benzene rings is 1. The Kier molecular flexibility index (Phi) is 5.63. The fourth-order valence-corrected chi connectivity index (χ4v) is 3.63. The number of ketones is 1. The molecule has 0 unspecified atom stereocenters. The topological polar surface area (TPSA) is 34.9 Å². The third-order valence-corrected chi connectivity index (χ3v) is 4.98. The monoisotopic (exact) mass is 432 g/mol. The first-order chi connectivity index (χ1) is 9.97. The van der Waals surface area contributed by atoms with Crippen LogP contribution >= 0.6 is 43.5 Å². The second-order valence-corrected chi connectivity index (χ2v) is 6.72. The Hall–Kier alpha value is -0.650. The SMILES string of the molecule is CCc1nn(CC)c(CC(=O)c2ccc(Br)cc2Cl)c1Br. The molecule has 1 aromatic heterocycles. The van der Waals surface area contributed by atoms with Crippen molar-refractivity contribution >= 4 is 49.2 Å². The molecule has 21 heavy (non-hydrogen) atoms. The van der Waals surface area contributed by atoms with Gasteiger partial charge in [-0.2, -0.15) is 5.10 Å². The van der Waals surface area contributed by atoms with E-state index in [1.54, 1.807) is 12.1 Å². The fourth-order valence-electron chi connectivity index (χ4n) is 2.15. The highest BCUT2D eigenvalue weighted by Gasteiger charge is 2.19. The van der Waals surface area contributed by atoms with Crippen molar-refractivity contribution in [1.29, 1.82) is 0 Å². The Bertz CT molecular complexity index is 683.